The largest absolute Gasteiger partial charge is 0.496 e. The third-order valence-electron chi connectivity index (χ3n) is 2.50. The van der Waals surface area contributed by atoms with Gasteiger partial charge in [-0.1, -0.05) is 6.07 Å². The normalized spacial score (nSPS) is 10.3. The number of methoxy groups -OCH3 is 1. The fraction of sp³-hybridized carbons (Fsp3) is 0.143. The van der Waals surface area contributed by atoms with E-state index in [2.05, 4.69) is 15.9 Å². The van der Waals surface area contributed by atoms with Crippen LogP contribution in [0.25, 0.3) is 0 Å². The van der Waals surface area contributed by atoms with Crippen molar-refractivity contribution in [3.63, 3.8) is 0 Å². The molecule has 0 saturated heterocycles. The van der Waals surface area contributed by atoms with Gasteiger partial charge in [0.1, 0.15) is 18.2 Å². The van der Waals surface area contributed by atoms with Gasteiger partial charge in [-0.3, -0.25) is 0 Å². The van der Waals surface area contributed by atoms with E-state index in [1.165, 1.54) is 0 Å². The summed E-state index contributed by atoms with van der Waals surface area (Å²) in [5, 5.41) is 0. The van der Waals surface area contributed by atoms with Crippen molar-refractivity contribution in [1.82, 2.24) is 0 Å². The van der Waals surface area contributed by atoms with Crippen LogP contribution in [-0.4, -0.2) is 7.11 Å². The van der Waals surface area contributed by atoms with Crippen LogP contribution in [0.5, 0.6) is 11.5 Å². The number of ether oxygens (including phenoxy) is 2. The van der Waals surface area contributed by atoms with Gasteiger partial charge in [-0.05, 0) is 45.8 Å². The Labute approximate surface area is 118 Å². The summed E-state index contributed by atoms with van der Waals surface area (Å²) < 4.78 is 37.4. The van der Waals surface area contributed by atoms with Gasteiger partial charge in [0.05, 0.1) is 11.6 Å². The zero-order valence-electron chi connectivity index (χ0n) is 10.1. The third kappa shape index (κ3) is 3.44. The molecule has 2 rings (SSSR count). The smallest absolute Gasteiger partial charge is 0.165 e. The monoisotopic (exact) mass is 328 g/mol. The van der Waals surface area contributed by atoms with E-state index in [1.54, 1.807) is 25.3 Å². The van der Waals surface area contributed by atoms with Gasteiger partial charge in [0.15, 0.2) is 11.6 Å². The second-order valence-electron chi connectivity index (χ2n) is 3.83. The fourth-order valence-corrected chi connectivity index (χ4v) is 2.14. The predicted molar refractivity (Wildman–Crippen MR) is 71.4 cm³/mol. The van der Waals surface area contributed by atoms with Gasteiger partial charge in [-0.25, -0.2) is 8.78 Å². The lowest BCUT2D eigenvalue weighted by Crippen LogP contribution is -1.98. The second-order valence-corrected chi connectivity index (χ2v) is 4.69. The first-order valence-electron chi connectivity index (χ1n) is 5.50. The molecule has 0 spiro atoms. The topological polar surface area (TPSA) is 18.5 Å². The molecular weight excluding hydrogens is 318 g/mol. The molecule has 0 aromatic heterocycles. The van der Waals surface area contributed by atoms with E-state index in [4.69, 9.17) is 9.47 Å². The van der Waals surface area contributed by atoms with Crippen molar-refractivity contribution in [2.24, 2.45) is 0 Å². The zero-order chi connectivity index (χ0) is 13.8. The van der Waals surface area contributed by atoms with E-state index in [9.17, 15) is 8.78 Å². The Kier molecular flexibility index (Phi) is 4.37. The Morgan fingerprint density at radius 2 is 1.84 bits per heavy atom. The fourth-order valence-electron chi connectivity index (χ4n) is 1.55. The van der Waals surface area contributed by atoms with E-state index in [1.807, 2.05) is 0 Å². The van der Waals surface area contributed by atoms with Crippen LogP contribution in [-0.2, 0) is 6.61 Å². The van der Waals surface area contributed by atoms with E-state index < -0.39 is 11.6 Å². The molecule has 0 N–H and O–H groups in total. The van der Waals surface area contributed by atoms with Gasteiger partial charge in [0.2, 0.25) is 0 Å². The highest BCUT2D eigenvalue weighted by Gasteiger charge is 2.06. The highest BCUT2D eigenvalue weighted by molar-refractivity contribution is 9.10. The van der Waals surface area contributed by atoms with Gasteiger partial charge < -0.3 is 9.47 Å². The molecule has 0 radical (unpaired) electrons. The first-order valence-corrected chi connectivity index (χ1v) is 6.29. The van der Waals surface area contributed by atoms with Gasteiger partial charge in [0.25, 0.3) is 0 Å². The Hall–Kier alpha value is -1.62. The maximum Gasteiger partial charge on any atom is 0.165 e. The summed E-state index contributed by atoms with van der Waals surface area (Å²) in [6.07, 6.45) is 0. The summed E-state index contributed by atoms with van der Waals surface area (Å²) in [5.74, 6) is -0.533. The zero-order valence-corrected chi connectivity index (χ0v) is 11.7. The van der Waals surface area contributed by atoms with E-state index in [0.29, 0.717) is 5.75 Å². The summed E-state index contributed by atoms with van der Waals surface area (Å²) in [7, 11) is 1.57. The minimum atomic E-state index is -0.589. The van der Waals surface area contributed by atoms with Crippen molar-refractivity contribution in [2.45, 2.75) is 6.61 Å². The average molecular weight is 329 g/mol. The maximum absolute atomic E-state index is 13.3. The molecule has 2 aromatic carbocycles. The minimum Gasteiger partial charge on any atom is -0.496 e. The summed E-state index contributed by atoms with van der Waals surface area (Å²) >= 11 is 3.34. The van der Waals surface area contributed by atoms with E-state index in [-0.39, 0.29) is 12.4 Å². The lowest BCUT2D eigenvalue weighted by atomic mass is 10.2. The third-order valence-corrected chi connectivity index (χ3v) is 3.12. The molecule has 0 bridgehead atoms. The molecule has 19 heavy (non-hydrogen) atoms. The van der Waals surface area contributed by atoms with Crippen molar-refractivity contribution >= 4 is 15.9 Å². The van der Waals surface area contributed by atoms with Gasteiger partial charge in [0, 0.05) is 6.07 Å². The van der Waals surface area contributed by atoms with Crippen LogP contribution in [0.4, 0.5) is 8.78 Å². The lowest BCUT2D eigenvalue weighted by Gasteiger charge is -2.09. The average Bonchev–Trinajstić information content (AvgIpc) is 2.40. The summed E-state index contributed by atoms with van der Waals surface area (Å²) in [6.45, 7) is 0.142. The first kappa shape index (κ1) is 13.8. The van der Waals surface area contributed by atoms with E-state index >= 15 is 0 Å². The van der Waals surface area contributed by atoms with Crippen LogP contribution in [0.1, 0.15) is 5.56 Å². The van der Waals surface area contributed by atoms with Crippen LogP contribution in [0, 0.1) is 11.6 Å². The highest BCUT2D eigenvalue weighted by Crippen LogP contribution is 2.26. The number of hydrogen-bond donors (Lipinski definition) is 0. The predicted octanol–water partition coefficient (Wildman–Crippen LogP) is 4.31. The van der Waals surface area contributed by atoms with Gasteiger partial charge in [-0.2, -0.15) is 0 Å². The van der Waals surface area contributed by atoms with Crippen LogP contribution in [0.2, 0.25) is 0 Å². The highest BCUT2D eigenvalue weighted by atomic mass is 79.9. The molecule has 0 atom stereocenters. The van der Waals surface area contributed by atoms with Crippen molar-refractivity contribution < 1.29 is 18.3 Å². The molecule has 100 valence electrons. The Bertz CT molecular complexity index is 588. The SMILES string of the molecule is COc1ccc(COc2cc(F)ccc2F)cc1Br. The Balaban J connectivity index is 2.10. The molecule has 0 unspecified atom stereocenters. The Morgan fingerprint density at radius 3 is 2.53 bits per heavy atom. The molecule has 0 amide bonds. The number of rotatable bonds is 4. The molecule has 0 aliphatic rings. The second kappa shape index (κ2) is 6.02. The molecule has 0 aliphatic carbocycles. The van der Waals surface area contributed by atoms with Crippen LogP contribution >= 0.6 is 15.9 Å². The van der Waals surface area contributed by atoms with Crippen molar-refractivity contribution in [3.8, 4) is 11.5 Å². The molecule has 0 fully saturated rings. The van der Waals surface area contributed by atoms with Crippen LogP contribution in [0.3, 0.4) is 0 Å². The molecule has 0 heterocycles. The minimum absolute atomic E-state index is 0.105. The lowest BCUT2D eigenvalue weighted by molar-refractivity contribution is 0.288. The molecule has 5 heteroatoms. The molecule has 0 saturated carbocycles. The van der Waals surface area contributed by atoms with Crippen LogP contribution < -0.4 is 9.47 Å². The van der Waals surface area contributed by atoms with Gasteiger partial charge >= 0.3 is 0 Å². The van der Waals surface area contributed by atoms with Crippen LogP contribution in [0.15, 0.2) is 40.9 Å². The standard InChI is InChI=1S/C14H11BrF2O2/c1-18-13-5-2-9(6-11(13)15)8-19-14-7-10(16)3-4-12(14)17/h2-7H,8H2,1H3. The molecular formula is C14H11BrF2O2. The van der Waals surface area contributed by atoms with Crippen molar-refractivity contribution in [2.75, 3.05) is 7.11 Å². The quantitative estimate of drug-likeness (QED) is 0.832. The first-order chi connectivity index (χ1) is 9.10. The van der Waals surface area contributed by atoms with E-state index in [0.717, 1.165) is 28.2 Å². The van der Waals surface area contributed by atoms with Crippen molar-refractivity contribution in [1.29, 1.82) is 0 Å². The number of benzene rings is 2. The summed E-state index contributed by atoms with van der Waals surface area (Å²) in [6, 6.07) is 8.47. The number of hydrogen-bond acceptors (Lipinski definition) is 2. The molecule has 2 nitrogen and oxygen atoms in total. The maximum atomic E-state index is 13.3. The summed E-state index contributed by atoms with van der Waals surface area (Å²) in [4.78, 5) is 0. The Morgan fingerprint density at radius 1 is 1.05 bits per heavy atom. The molecule has 0 aliphatic heterocycles. The van der Waals surface area contributed by atoms with Crippen molar-refractivity contribution in [3.05, 3.63) is 58.1 Å². The van der Waals surface area contributed by atoms with Gasteiger partial charge in [-0.15, -0.1) is 0 Å². The number of halogens is 3. The summed E-state index contributed by atoms with van der Waals surface area (Å²) in [5.41, 5.74) is 0.816. The molecule has 2 aromatic rings.